The first kappa shape index (κ1) is 20.7. The Kier molecular flexibility index (Phi) is 5.81. The van der Waals surface area contributed by atoms with Crippen molar-refractivity contribution in [2.24, 2.45) is 0 Å². The van der Waals surface area contributed by atoms with Crippen LogP contribution in [0.15, 0.2) is 69.6 Å². The molecule has 0 fully saturated rings. The number of hydrogen-bond donors (Lipinski definition) is 1. The van der Waals surface area contributed by atoms with Gasteiger partial charge in [0.2, 0.25) is 5.91 Å². The Hall–Kier alpha value is -3.52. The minimum Gasteiger partial charge on any atom is -0.326 e. The highest BCUT2D eigenvalue weighted by molar-refractivity contribution is 7.17. The van der Waals surface area contributed by atoms with E-state index >= 15 is 0 Å². The number of amides is 1. The summed E-state index contributed by atoms with van der Waals surface area (Å²) in [5, 5.41) is 4.43. The average Bonchev–Trinajstić information content (AvgIpc) is 3.24. The van der Waals surface area contributed by atoms with Crippen LogP contribution in [0, 0.1) is 12.7 Å². The maximum absolute atomic E-state index is 13.2. The van der Waals surface area contributed by atoms with Crippen LogP contribution in [-0.2, 0) is 17.9 Å². The van der Waals surface area contributed by atoms with E-state index in [4.69, 9.17) is 0 Å². The van der Waals surface area contributed by atoms with E-state index in [1.54, 1.807) is 16.0 Å². The quantitative estimate of drug-likeness (QED) is 0.499. The van der Waals surface area contributed by atoms with Crippen LogP contribution in [0.25, 0.3) is 10.2 Å². The fraction of sp³-hybridized carbons (Fsp3) is 0.174. The van der Waals surface area contributed by atoms with Gasteiger partial charge in [-0.05, 0) is 53.8 Å². The van der Waals surface area contributed by atoms with Gasteiger partial charge < -0.3 is 5.32 Å². The first-order chi connectivity index (χ1) is 14.9. The lowest BCUT2D eigenvalue weighted by Crippen LogP contribution is -2.40. The number of carbonyl (C=O) groups excluding carboxylic acids is 1. The number of benzene rings is 2. The first-order valence-electron chi connectivity index (χ1n) is 9.75. The van der Waals surface area contributed by atoms with Gasteiger partial charge in [-0.25, -0.2) is 9.18 Å². The highest BCUT2D eigenvalue weighted by Crippen LogP contribution is 2.17. The largest absolute Gasteiger partial charge is 0.331 e. The summed E-state index contributed by atoms with van der Waals surface area (Å²) in [4.78, 5) is 38.4. The molecule has 0 atom stereocenters. The molecule has 158 valence electrons. The highest BCUT2D eigenvalue weighted by Gasteiger charge is 2.16. The summed E-state index contributed by atoms with van der Waals surface area (Å²) in [6.45, 7) is 2.26. The number of rotatable bonds is 6. The number of halogens is 1. The molecule has 4 rings (SSSR count). The zero-order valence-electron chi connectivity index (χ0n) is 16.8. The average molecular weight is 437 g/mol. The third kappa shape index (κ3) is 4.34. The smallest absolute Gasteiger partial charge is 0.326 e. The Morgan fingerprint density at radius 2 is 1.77 bits per heavy atom. The molecule has 6 nitrogen and oxygen atoms in total. The zero-order chi connectivity index (χ0) is 22.0. The number of hydrogen-bond acceptors (Lipinski definition) is 4. The molecule has 2 aromatic carbocycles. The standard InChI is InChI=1S/C23H20FN3O3S/c1-15-4-2-3-5-16(15)14-27-19-11-13-31-21(19)22(29)26(23(27)30)12-10-20(28)25-18-8-6-17(24)7-9-18/h2-9,11,13H,10,12,14H2,1H3,(H,25,28). The van der Waals surface area contributed by atoms with Crippen molar-refractivity contribution in [1.82, 2.24) is 9.13 Å². The third-order valence-corrected chi connectivity index (χ3v) is 6.01. The number of aryl methyl sites for hydroxylation is 1. The molecule has 1 amide bonds. The zero-order valence-corrected chi connectivity index (χ0v) is 17.6. The van der Waals surface area contributed by atoms with Crippen molar-refractivity contribution >= 4 is 33.1 Å². The highest BCUT2D eigenvalue weighted by atomic mass is 32.1. The van der Waals surface area contributed by atoms with Crippen molar-refractivity contribution in [3.8, 4) is 0 Å². The number of aromatic nitrogens is 2. The summed E-state index contributed by atoms with van der Waals surface area (Å²) < 4.78 is 16.2. The molecule has 0 radical (unpaired) electrons. The van der Waals surface area contributed by atoms with E-state index in [1.807, 2.05) is 31.2 Å². The van der Waals surface area contributed by atoms with Crippen LogP contribution in [0.4, 0.5) is 10.1 Å². The predicted octanol–water partition coefficient (Wildman–Crippen LogP) is 3.75. The van der Waals surface area contributed by atoms with Gasteiger partial charge in [0.15, 0.2) is 0 Å². The summed E-state index contributed by atoms with van der Waals surface area (Å²) in [5.74, 6) is -0.766. The lowest BCUT2D eigenvalue weighted by atomic mass is 10.1. The second-order valence-electron chi connectivity index (χ2n) is 7.19. The van der Waals surface area contributed by atoms with E-state index in [2.05, 4.69) is 5.32 Å². The monoisotopic (exact) mass is 437 g/mol. The van der Waals surface area contributed by atoms with Crippen LogP contribution in [-0.4, -0.2) is 15.0 Å². The van der Waals surface area contributed by atoms with Crippen LogP contribution in [0.1, 0.15) is 17.5 Å². The van der Waals surface area contributed by atoms with Gasteiger partial charge in [0.25, 0.3) is 5.56 Å². The number of fused-ring (bicyclic) bond motifs is 1. The van der Waals surface area contributed by atoms with Gasteiger partial charge in [-0.2, -0.15) is 0 Å². The number of nitrogens with one attached hydrogen (secondary N) is 1. The number of carbonyl (C=O) groups is 1. The van der Waals surface area contributed by atoms with Crippen LogP contribution < -0.4 is 16.6 Å². The minimum absolute atomic E-state index is 0.0493. The molecule has 8 heteroatoms. The fourth-order valence-corrected chi connectivity index (χ4v) is 4.25. The molecule has 0 saturated heterocycles. The Morgan fingerprint density at radius 1 is 1.03 bits per heavy atom. The second kappa shape index (κ2) is 8.69. The lowest BCUT2D eigenvalue weighted by molar-refractivity contribution is -0.116. The van der Waals surface area contributed by atoms with Gasteiger partial charge in [-0.1, -0.05) is 24.3 Å². The molecule has 0 bridgehead atoms. The SMILES string of the molecule is Cc1ccccc1Cn1c(=O)n(CCC(=O)Nc2ccc(F)cc2)c(=O)c2sccc21. The van der Waals surface area contributed by atoms with E-state index in [0.29, 0.717) is 22.4 Å². The van der Waals surface area contributed by atoms with Gasteiger partial charge in [0.1, 0.15) is 10.5 Å². The topological polar surface area (TPSA) is 73.1 Å². The van der Waals surface area contributed by atoms with Gasteiger partial charge in [0, 0.05) is 18.7 Å². The normalized spacial score (nSPS) is 11.0. The Morgan fingerprint density at radius 3 is 2.52 bits per heavy atom. The van der Waals surface area contributed by atoms with E-state index < -0.39 is 17.1 Å². The summed E-state index contributed by atoms with van der Waals surface area (Å²) in [7, 11) is 0. The van der Waals surface area contributed by atoms with Gasteiger partial charge >= 0.3 is 5.69 Å². The van der Waals surface area contributed by atoms with Crippen LogP contribution >= 0.6 is 11.3 Å². The van der Waals surface area contributed by atoms with Crippen LogP contribution in [0.3, 0.4) is 0 Å². The maximum atomic E-state index is 13.2. The van der Waals surface area contributed by atoms with Crippen molar-refractivity contribution < 1.29 is 9.18 Å². The van der Waals surface area contributed by atoms with E-state index in [9.17, 15) is 18.8 Å². The number of anilines is 1. The lowest BCUT2D eigenvalue weighted by Gasteiger charge is -2.13. The van der Waals surface area contributed by atoms with Gasteiger partial charge in [-0.15, -0.1) is 11.3 Å². The van der Waals surface area contributed by atoms with E-state index in [-0.39, 0.29) is 18.9 Å². The van der Waals surface area contributed by atoms with Crippen LogP contribution in [0.2, 0.25) is 0 Å². The molecule has 2 aromatic heterocycles. The van der Waals surface area contributed by atoms with E-state index in [0.717, 1.165) is 15.7 Å². The molecule has 31 heavy (non-hydrogen) atoms. The predicted molar refractivity (Wildman–Crippen MR) is 120 cm³/mol. The molecular weight excluding hydrogens is 417 g/mol. The van der Waals surface area contributed by atoms with Crippen molar-refractivity contribution in [1.29, 1.82) is 0 Å². The molecule has 0 spiro atoms. The van der Waals surface area contributed by atoms with Gasteiger partial charge in [0.05, 0.1) is 12.1 Å². The molecule has 0 aliphatic carbocycles. The van der Waals surface area contributed by atoms with Crippen LogP contribution in [0.5, 0.6) is 0 Å². The maximum Gasteiger partial charge on any atom is 0.331 e. The summed E-state index contributed by atoms with van der Waals surface area (Å²) >= 11 is 1.27. The minimum atomic E-state index is -0.450. The second-order valence-corrected chi connectivity index (χ2v) is 8.11. The fourth-order valence-electron chi connectivity index (χ4n) is 3.41. The Balaban J connectivity index is 1.62. The molecule has 0 aliphatic rings. The Bertz CT molecular complexity index is 1370. The van der Waals surface area contributed by atoms with Crippen molar-refractivity contribution in [3.63, 3.8) is 0 Å². The van der Waals surface area contributed by atoms with Crippen molar-refractivity contribution in [3.05, 3.63) is 97.8 Å². The Labute approximate surface area is 181 Å². The molecule has 0 unspecified atom stereocenters. The summed E-state index contributed by atoms with van der Waals surface area (Å²) in [5.41, 5.74) is 2.23. The van der Waals surface area contributed by atoms with E-state index in [1.165, 1.54) is 35.6 Å². The molecular formula is C23H20FN3O3S. The summed E-state index contributed by atoms with van der Waals surface area (Å²) in [6, 6.07) is 14.9. The molecule has 1 N–H and O–H groups in total. The summed E-state index contributed by atoms with van der Waals surface area (Å²) in [6.07, 6.45) is -0.0617. The third-order valence-electron chi connectivity index (χ3n) is 5.12. The van der Waals surface area contributed by atoms with Crippen molar-refractivity contribution in [2.45, 2.75) is 26.4 Å². The molecule has 0 aliphatic heterocycles. The molecule has 2 heterocycles. The molecule has 0 saturated carbocycles. The first-order valence-corrected chi connectivity index (χ1v) is 10.6. The number of nitrogens with zero attached hydrogens (tertiary/aromatic N) is 2. The van der Waals surface area contributed by atoms with Crippen molar-refractivity contribution in [2.75, 3.05) is 5.32 Å². The number of thiophene rings is 1. The van der Waals surface area contributed by atoms with Gasteiger partial charge in [-0.3, -0.25) is 18.7 Å². The molecule has 4 aromatic rings.